The van der Waals surface area contributed by atoms with Gasteiger partial charge in [-0.25, -0.2) is 9.97 Å². The lowest BCUT2D eigenvalue weighted by molar-refractivity contribution is 0.0973. The van der Waals surface area contributed by atoms with Crippen molar-refractivity contribution < 1.29 is 4.74 Å². The van der Waals surface area contributed by atoms with Crippen LogP contribution in [0.3, 0.4) is 0 Å². The molecule has 4 aromatic heterocycles. The molecule has 1 spiro atoms. The van der Waals surface area contributed by atoms with E-state index < -0.39 is 0 Å². The molecule has 0 unspecified atom stereocenters. The maximum atomic E-state index is 6.51. The summed E-state index contributed by atoms with van der Waals surface area (Å²) in [6.45, 7) is 6.75. The van der Waals surface area contributed by atoms with E-state index in [-0.39, 0.29) is 44.6 Å². The van der Waals surface area contributed by atoms with Crippen molar-refractivity contribution in [3.05, 3.63) is 42.6 Å². The number of nitrogens with zero attached hydrogens (tertiary/aromatic N) is 5. The largest absolute Gasteiger partial charge is 0.376 e. The Morgan fingerprint density at radius 3 is 2.67 bits per heavy atom. The Morgan fingerprint density at radius 1 is 1.15 bits per heavy atom. The first-order valence-corrected chi connectivity index (χ1v) is 11.0. The van der Waals surface area contributed by atoms with Gasteiger partial charge in [0.1, 0.15) is 5.65 Å². The van der Waals surface area contributed by atoms with Gasteiger partial charge < -0.3 is 20.4 Å². The number of nitrogens with one attached hydrogen (secondary N) is 1. The van der Waals surface area contributed by atoms with Gasteiger partial charge in [0.2, 0.25) is 5.95 Å². The van der Waals surface area contributed by atoms with E-state index in [2.05, 4.69) is 33.1 Å². The molecular weight excluding hydrogens is 454 g/mol. The molecule has 2 fully saturated rings. The first-order valence-electron chi connectivity index (χ1n) is 11.0. The third kappa shape index (κ3) is 3.60. The summed E-state index contributed by atoms with van der Waals surface area (Å²) in [5.74, 6) is 0.945. The number of fused-ring (bicyclic) bond motifs is 2. The van der Waals surface area contributed by atoms with Crippen molar-refractivity contribution in [3.63, 3.8) is 0 Å². The highest BCUT2D eigenvalue weighted by Gasteiger charge is 2.47. The molecule has 0 radical (unpaired) electrons. The number of aryl methyl sites for hydroxylation is 1. The predicted octanol–water partition coefficient (Wildman–Crippen LogP) is 3.14. The molecule has 0 aromatic carbocycles. The minimum atomic E-state index is 0. The number of aromatic nitrogens is 5. The van der Waals surface area contributed by atoms with Crippen molar-refractivity contribution in [2.45, 2.75) is 38.8 Å². The van der Waals surface area contributed by atoms with Gasteiger partial charge in [0, 0.05) is 60.5 Å². The fourth-order valence-electron chi connectivity index (χ4n) is 5.40. The van der Waals surface area contributed by atoms with E-state index in [4.69, 9.17) is 20.4 Å². The number of imidazole rings is 1. The molecule has 10 heteroatoms. The number of ether oxygens (including phenoxy) is 1. The highest BCUT2D eigenvalue weighted by molar-refractivity contribution is 7.59. The number of rotatable bonds is 2. The number of H-pyrrole nitrogens is 1. The molecule has 0 amide bonds. The van der Waals surface area contributed by atoms with Crippen molar-refractivity contribution in [3.8, 4) is 11.1 Å². The lowest BCUT2D eigenvalue weighted by atomic mass is 9.73. The molecular formula is C23H31N7OS2. The molecule has 2 aliphatic rings. The van der Waals surface area contributed by atoms with Crippen LogP contribution < -0.4 is 10.6 Å². The molecule has 8 nitrogen and oxygen atoms in total. The van der Waals surface area contributed by atoms with E-state index in [0.717, 1.165) is 72.0 Å². The molecule has 6 rings (SSSR count). The number of nitrogens with two attached hydrogens (primary N) is 1. The fourth-order valence-corrected chi connectivity index (χ4v) is 5.40. The lowest BCUT2D eigenvalue weighted by Gasteiger charge is -2.41. The van der Waals surface area contributed by atoms with Gasteiger partial charge in [-0.2, -0.15) is 27.0 Å². The van der Waals surface area contributed by atoms with Gasteiger partial charge in [-0.1, -0.05) is 0 Å². The molecule has 0 bridgehead atoms. The number of anilines is 1. The van der Waals surface area contributed by atoms with Gasteiger partial charge >= 0.3 is 0 Å². The van der Waals surface area contributed by atoms with Crippen LogP contribution in [-0.2, 0) is 4.74 Å². The van der Waals surface area contributed by atoms with Crippen molar-refractivity contribution in [2.75, 3.05) is 24.6 Å². The number of pyridine rings is 1. The summed E-state index contributed by atoms with van der Waals surface area (Å²) in [5.41, 5.74) is 12.5. The predicted molar refractivity (Wildman–Crippen MR) is 141 cm³/mol. The average Bonchev–Trinajstić information content (AvgIpc) is 3.51. The third-order valence-electron chi connectivity index (χ3n) is 7.32. The highest BCUT2D eigenvalue weighted by Crippen LogP contribution is 2.42. The van der Waals surface area contributed by atoms with E-state index in [9.17, 15) is 0 Å². The maximum absolute atomic E-state index is 6.51. The Labute approximate surface area is 206 Å². The Kier molecular flexibility index (Phi) is 6.38. The first-order chi connectivity index (χ1) is 15.1. The summed E-state index contributed by atoms with van der Waals surface area (Å²) in [5, 5.41) is 0. The van der Waals surface area contributed by atoms with Crippen molar-refractivity contribution >= 4 is 49.6 Å². The van der Waals surface area contributed by atoms with E-state index in [1.54, 1.807) is 0 Å². The molecule has 0 aliphatic carbocycles. The van der Waals surface area contributed by atoms with Crippen LogP contribution in [0.1, 0.15) is 25.5 Å². The summed E-state index contributed by atoms with van der Waals surface area (Å²) in [6, 6.07) is 4.13. The van der Waals surface area contributed by atoms with Crippen molar-refractivity contribution in [2.24, 2.45) is 11.1 Å². The van der Waals surface area contributed by atoms with Crippen LogP contribution in [0.15, 0.2) is 36.9 Å². The van der Waals surface area contributed by atoms with Crippen LogP contribution in [0.5, 0.6) is 0 Å². The molecule has 6 heterocycles. The van der Waals surface area contributed by atoms with Gasteiger partial charge in [0.15, 0.2) is 0 Å². The topological polar surface area (TPSA) is 97.4 Å². The Balaban J connectivity index is 0.00000130. The lowest BCUT2D eigenvalue weighted by Crippen LogP contribution is -2.51. The minimum Gasteiger partial charge on any atom is -0.376 e. The fraction of sp³-hybridized carbons (Fsp3) is 0.435. The van der Waals surface area contributed by atoms with Crippen LogP contribution in [0.2, 0.25) is 0 Å². The first kappa shape index (κ1) is 23.9. The van der Waals surface area contributed by atoms with E-state index in [1.165, 1.54) is 0 Å². The van der Waals surface area contributed by atoms with E-state index in [1.807, 2.05) is 36.9 Å². The van der Waals surface area contributed by atoms with Crippen LogP contribution in [0.25, 0.3) is 27.8 Å². The average molecular weight is 486 g/mol. The molecule has 176 valence electrons. The monoisotopic (exact) mass is 485 g/mol. The van der Waals surface area contributed by atoms with Crippen LogP contribution in [-0.4, -0.2) is 56.2 Å². The van der Waals surface area contributed by atoms with Gasteiger partial charge in [-0.05, 0) is 38.8 Å². The molecule has 4 aromatic rings. The Bertz CT molecular complexity index is 1280. The van der Waals surface area contributed by atoms with Crippen molar-refractivity contribution in [1.29, 1.82) is 0 Å². The normalized spacial score (nSPS) is 22.0. The summed E-state index contributed by atoms with van der Waals surface area (Å²) in [7, 11) is 0. The zero-order chi connectivity index (χ0) is 21.2. The van der Waals surface area contributed by atoms with Crippen LogP contribution in [0.4, 0.5) is 5.95 Å². The number of aromatic amines is 1. The van der Waals surface area contributed by atoms with Crippen LogP contribution >= 0.6 is 27.0 Å². The summed E-state index contributed by atoms with van der Waals surface area (Å²) in [4.78, 5) is 19.9. The van der Waals surface area contributed by atoms with Crippen LogP contribution in [0, 0.1) is 12.3 Å². The summed E-state index contributed by atoms with van der Waals surface area (Å²) in [6.07, 6.45) is 9.79. The molecule has 33 heavy (non-hydrogen) atoms. The molecule has 2 atom stereocenters. The Morgan fingerprint density at radius 2 is 1.94 bits per heavy atom. The SMILES string of the molecule is Cc1nc(N2CCC3(CC2)CO[C@@H](C)[C@H]3N)n2ccnc2c1-c1ccnc2cc[nH]c12.S.S. The van der Waals surface area contributed by atoms with E-state index in [0.29, 0.717) is 0 Å². The Hall–Kier alpha value is -2.27. The molecule has 2 saturated heterocycles. The number of hydrogen-bond acceptors (Lipinski definition) is 6. The smallest absolute Gasteiger partial charge is 0.211 e. The summed E-state index contributed by atoms with van der Waals surface area (Å²) >= 11 is 0. The second-order valence-corrected chi connectivity index (χ2v) is 8.98. The summed E-state index contributed by atoms with van der Waals surface area (Å²) < 4.78 is 8.00. The quantitative estimate of drug-likeness (QED) is 0.453. The number of hydrogen-bond donors (Lipinski definition) is 2. The van der Waals surface area contributed by atoms with Gasteiger partial charge in [-0.15, -0.1) is 0 Å². The zero-order valence-electron chi connectivity index (χ0n) is 18.9. The molecule has 2 aliphatic heterocycles. The second kappa shape index (κ2) is 8.83. The second-order valence-electron chi connectivity index (χ2n) is 8.98. The van der Waals surface area contributed by atoms with Gasteiger partial charge in [-0.3, -0.25) is 9.38 Å². The van der Waals surface area contributed by atoms with E-state index >= 15 is 0 Å². The zero-order valence-corrected chi connectivity index (χ0v) is 20.9. The maximum Gasteiger partial charge on any atom is 0.211 e. The minimum absolute atomic E-state index is 0. The standard InChI is InChI=1S/C23H27N7O.2H2S/c1-14-18(16-3-7-25-17-4-8-26-19(16)17)21-27-9-12-30(21)22(28-14)29-10-5-23(6-11-29)13-31-15(2)20(23)24;;/h3-4,7-9,12,15,20,26H,5-6,10-11,13,24H2,1-2H3;2*1H2/t15-,20+;;/m0../s1. The number of piperidine rings is 1. The van der Waals surface area contributed by atoms with Gasteiger partial charge in [0.05, 0.1) is 29.4 Å². The van der Waals surface area contributed by atoms with Crippen molar-refractivity contribution in [1.82, 2.24) is 24.3 Å². The third-order valence-corrected chi connectivity index (χ3v) is 7.32. The molecule has 3 N–H and O–H groups in total. The molecule has 0 saturated carbocycles. The highest BCUT2D eigenvalue weighted by atomic mass is 32.1. The van der Waals surface area contributed by atoms with Gasteiger partial charge in [0.25, 0.3) is 0 Å².